The predicted octanol–water partition coefficient (Wildman–Crippen LogP) is -2.60. The largest absolute Gasteiger partial charge is 0.467 e. The Morgan fingerprint density at radius 1 is 1.44 bits per heavy atom. The zero-order valence-electron chi connectivity index (χ0n) is 10.3. The third-order valence-electron chi connectivity index (χ3n) is 2.08. The second-order valence-corrected chi connectivity index (χ2v) is 6.07. The van der Waals surface area contributed by atoms with E-state index in [0.717, 1.165) is 13.4 Å². The Morgan fingerprint density at radius 3 is 2.44 bits per heavy atom. The SMILES string of the molecule is COC(=O)C(O)CNC(=O)C(N)CCS(C)(=O)=O. The second-order valence-electron chi connectivity index (χ2n) is 3.81. The summed E-state index contributed by atoms with van der Waals surface area (Å²) in [7, 11) is -2.08. The number of hydrogen-bond acceptors (Lipinski definition) is 7. The molecule has 0 heterocycles. The Kier molecular flexibility index (Phi) is 6.81. The molecule has 0 spiro atoms. The van der Waals surface area contributed by atoms with Crippen LogP contribution < -0.4 is 11.1 Å². The Labute approximate surface area is 105 Å². The number of sulfone groups is 1. The molecule has 0 rings (SSSR count). The fourth-order valence-electron chi connectivity index (χ4n) is 1.02. The Balaban J connectivity index is 4.06. The molecule has 0 radical (unpaired) electrons. The molecule has 0 saturated carbocycles. The maximum absolute atomic E-state index is 11.4. The molecule has 0 bridgehead atoms. The van der Waals surface area contributed by atoms with E-state index in [2.05, 4.69) is 10.1 Å². The average molecular weight is 282 g/mol. The summed E-state index contributed by atoms with van der Waals surface area (Å²) in [5.41, 5.74) is 5.44. The number of aliphatic hydroxyl groups is 1. The van der Waals surface area contributed by atoms with Crippen LogP contribution in [0.25, 0.3) is 0 Å². The van der Waals surface area contributed by atoms with Crippen LogP contribution in [-0.4, -0.2) is 63.2 Å². The summed E-state index contributed by atoms with van der Waals surface area (Å²) >= 11 is 0. The molecule has 9 heteroatoms. The molecule has 0 aromatic carbocycles. The Hall–Kier alpha value is -1.19. The summed E-state index contributed by atoms with van der Waals surface area (Å²) < 4.78 is 26.0. The first-order valence-corrected chi connectivity index (χ1v) is 7.20. The number of amides is 1. The minimum Gasteiger partial charge on any atom is -0.467 e. The third-order valence-corrected chi connectivity index (χ3v) is 3.06. The summed E-state index contributed by atoms with van der Waals surface area (Å²) in [6.07, 6.45) is -0.460. The molecule has 0 aliphatic carbocycles. The van der Waals surface area contributed by atoms with Crippen LogP contribution in [0.15, 0.2) is 0 Å². The number of methoxy groups -OCH3 is 1. The van der Waals surface area contributed by atoms with Crippen molar-refractivity contribution in [3.8, 4) is 0 Å². The number of nitrogens with one attached hydrogen (secondary N) is 1. The van der Waals surface area contributed by atoms with Crippen LogP contribution in [0.1, 0.15) is 6.42 Å². The van der Waals surface area contributed by atoms with E-state index in [1.807, 2.05) is 0 Å². The standard InChI is InChI=1S/C9H18N2O6S/c1-17-9(14)7(12)5-11-8(13)6(10)3-4-18(2,15)16/h6-7,12H,3-5,10H2,1-2H3,(H,11,13). The van der Waals surface area contributed by atoms with Crippen LogP contribution in [0.3, 0.4) is 0 Å². The molecule has 0 aliphatic rings. The first-order chi connectivity index (χ1) is 8.17. The molecule has 18 heavy (non-hydrogen) atoms. The molecule has 4 N–H and O–H groups in total. The van der Waals surface area contributed by atoms with E-state index < -0.39 is 33.9 Å². The van der Waals surface area contributed by atoms with E-state index in [1.54, 1.807) is 0 Å². The first-order valence-electron chi connectivity index (χ1n) is 5.14. The van der Waals surface area contributed by atoms with Crippen LogP contribution in [0.5, 0.6) is 0 Å². The number of carbonyl (C=O) groups excluding carboxylic acids is 2. The van der Waals surface area contributed by atoms with Crippen molar-refractivity contribution in [3.63, 3.8) is 0 Å². The monoisotopic (exact) mass is 282 g/mol. The lowest BCUT2D eigenvalue weighted by Gasteiger charge is -2.13. The third kappa shape index (κ3) is 7.20. The minimum absolute atomic E-state index is 0.0288. The quantitative estimate of drug-likeness (QED) is 0.435. The molecule has 106 valence electrons. The lowest BCUT2D eigenvalue weighted by Crippen LogP contribution is -2.45. The second kappa shape index (κ2) is 7.29. The fraction of sp³-hybridized carbons (Fsp3) is 0.778. The summed E-state index contributed by atoms with van der Waals surface area (Å²) in [4.78, 5) is 22.2. The molecule has 0 aliphatic heterocycles. The van der Waals surface area contributed by atoms with Crippen molar-refractivity contribution in [1.82, 2.24) is 5.32 Å². The zero-order chi connectivity index (χ0) is 14.3. The Bertz CT molecular complexity index is 394. The van der Waals surface area contributed by atoms with E-state index in [9.17, 15) is 23.1 Å². The first kappa shape index (κ1) is 16.8. The topological polar surface area (TPSA) is 136 Å². The van der Waals surface area contributed by atoms with Gasteiger partial charge in [-0.3, -0.25) is 4.79 Å². The van der Waals surface area contributed by atoms with Gasteiger partial charge in [-0.15, -0.1) is 0 Å². The lowest BCUT2D eigenvalue weighted by molar-refractivity contribution is -0.150. The normalized spacial score (nSPS) is 14.7. The van der Waals surface area contributed by atoms with Crippen molar-refractivity contribution in [2.75, 3.05) is 25.7 Å². The van der Waals surface area contributed by atoms with Gasteiger partial charge in [-0.2, -0.15) is 0 Å². The van der Waals surface area contributed by atoms with E-state index >= 15 is 0 Å². The van der Waals surface area contributed by atoms with Crippen LogP contribution in [0.2, 0.25) is 0 Å². The molecule has 8 nitrogen and oxygen atoms in total. The average Bonchev–Trinajstić information content (AvgIpc) is 2.30. The number of rotatable bonds is 7. The maximum atomic E-state index is 11.4. The highest BCUT2D eigenvalue weighted by molar-refractivity contribution is 7.90. The van der Waals surface area contributed by atoms with Gasteiger partial charge >= 0.3 is 5.97 Å². The van der Waals surface area contributed by atoms with Gasteiger partial charge < -0.3 is 20.9 Å². The fourth-order valence-corrected chi connectivity index (χ4v) is 1.70. The van der Waals surface area contributed by atoms with Crippen molar-refractivity contribution in [2.45, 2.75) is 18.6 Å². The minimum atomic E-state index is -3.18. The van der Waals surface area contributed by atoms with E-state index in [1.165, 1.54) is 0 Å². The molecular weight excluding hydrogens is 264 g/mol. The highest BCUT2D eigenvalue weighted by atomic mass is 32.2. The number of aliphatic hydroxyl groups excluding tert-OH is 1. The number of hydrogen-bond donors (Lipinski definition) is 3. The van der Waals surface area contributed by atoms with Gasteiger partial charge in [0, 0.05) is 6.26 Å². The van der Waals surface area contributed by atoms with Gasteiger partial charge in [0.05, 0.1) is 25.4 Å². The predicted molar refractivity (Wildman–Crippen MR) is 63.3 cm³/mol. The van der Waals surface area contributed by atoms with Crippen molar-refractivity contribution >= 4 is 21.7 Å². The van der Waals surface area contributed by atoms with E-state index in [0.29, 0.717) is 0 Å². The number of ether oxygens (including phenoxy) is 1. The molecular formula is C9H18N2O6S. The molecule has 2 unspecified atom stereocenters. The van der Waals surface area contributed by atoms with Crippen LogP contribution >= 0.6 is 0 Å². The van der Waals surface area contributed by atoms with Crippen LogP contribution in [0.4, 0.5) is 0 Å². The molecule has 2 atom stereocenters. The summed E-state index contributed by atoms with van der Waals surface area (Å²) in [6.45, 7) is -0.335. The van der Waals surface area contributed by atoms with Crippen molar-refractivity contribution in [2.24, 2.45) is 5.73 Å². The number of carbonyl (C=O) groups is 2. The van der Waals surface area contributed by atoms with E-state index in [4.69, 9.17) is 5.73 Å². The molecule has 0 fully saturated rings. The van der Waals surface area contributed by atoms with Gasteiger partial charge in [0.15, 0.2) is 6.10 Å². The lowest BCUT2D eigenvalue weighted by atomic mass is 10.2. The highest BCUT2D eigenvalue weighted by Crippen LogP contribution is 1.94. The van der Waals surface area contributed by atoms with Crippen LogP contribution in [0, 0.1) is 0 Å². The smallest absolute Gasteiger partial charge is 0.336 e. The number of nitrogens with two attached hydrogens (primary N) is 1. The van der Waals surface area contributed by atoms with Crippen LogP contribution in [-0.2, 0) is 24.2 Å². The van der Waals surface area contributed by atoms with Gasteiger partial charge in [-0.05, 0) is 6.42 Å². The Morgan fingerprint density at radius 2 is 2.00 bits per heavy atom. The van der Waals surface area contributed by atoms with Gasteiger partial charge in [-0.1, -0.05) is 0 Å². The van der Waals surface area contributed by atoms with Crippen molar-refractivity contribution in [3.05, 3.63) is 0 Å². The molecule has 0 aromatic rings. The molecule has 0 saturated heterocycles. The molecule has 1 amide bonds. The summed E-state index contributed by atoms with van der Waals surface area (Å²) in [6, 6.07) is -1.01. The summed E-state index contributed by atoms with van der Waals surface area (Å²) in [5, 5.41) is 11.4. The molecule has 0 aromatic heterocycles. The van der Waals surface area contributed by atoms with Gasteiger partial charge in [0.25, 0.3) is 0 Å². The summed E-state index contributed by atoms with van der Waals surface area (Å²) in [5.74, 6) is -1.72. The van der Waals surface area contributed by atoms with Crippen molar-refractivity contribution in [1.29, 1.82) is 0 Å². The maximum Gasteiger partial charge on any atom is 0.336 e. The highest BCUT2D eigenvalue weighted by Gasteiger charge is 2.19. The van der Waals surface area contributed by atoms with Gasteiger partial charge in [-0.25, -0.2) is 13.2 Å². The van der Waals surface area contributed by atoms with Gasteiger partial charge in [0.2, 0.25) is 5.91 Å². The zero-order valence-corrected chi connectivity index (χ0v) is 11.1. The van der Waals surface area contributed by atoms with Gasteiger partial charge in [0.1, 0.15) is 9.84 Å². The van der Waals surface area contributed by atoms with E-state index in [-0.39, 0.29) is 18.7 Å². The van der Waals surface area contributed by atoms with Crippen molar-refractivity contribution < 1.29 is 27.9 Å². The number of esters is 1.